The molecule has 2 aromatic carbocycles. The molecule has 0 fully saturated rings. The van der Waals surface area contributed by atoms with E-state index in [4.69, 9.17) is 0 Å². The van der Waals surface area contributed by atoms with Crippen molar-refractivity contribution >= 4 is 27.7 Å². The molecule has 0 aromatic heterocycles. The van der Waals surface area contributed by atoms with Gasteiger partial charge in [-0.3, -0.25) is 0 Å². The molecule has 0 saturated carbocycles. The Labute approximate surface area is 121 Å². The molecule has 3 heteroatoms. The summed E-state index contributed by atoms with van der Waals surface area (Å²) in [6.07, 6.45) is 0. The second-order valence-corrected chi connectivity index (χ2v) is 6.12. The highest BCUT2D eigenvalue weighted by Gasteiger charge is 2.03. The summed E-state index contributed by atoms with van der Waals surface area (Å²) < 4.78 is 1.15. The summed E-state index contributed by atoms with van der Waals surface area (Å²) in [5, 5.41) is 3.19. The first kappa shape index (κ1) is 13.7. The first-order valence-electron chi connectivity index (χ1n) is 5.87. The first-order chi connectivity index (χ1) is 8.70. The molecule has 0 atom stereocenters. The molecule has 0 aliphatic carbocycles. The van der Waals surface area contributed by atoms with E-state index in [1.54, 1.807) is 11.8 Å². The van der Waals surface area contributed by atoms with Gasteiger partial charge in [0.2, 0.25) is 0 Å². The van der Waals surface area contributed by atoms with Gasteiger partial charge < -0.3 is 5.32 Å². The van der Waals surface area contributed by atoms with Gasteiger partial charge in [0.1, 0.15) is 0 Å². The van der Waals surface area contributed by atoms with Crippen molar-refractivity contribution in [3.05, 3.63) is 58.1 Å². The van der Waals surface area contributed by atoms with Crippen molar-refractivity contribution in [2.45, 2.75) is 23.3 Å². The van der Waals surface area contributed by atoms with Gasteiger partial charge in [0, 0.05) is 20.8 Å². The van der Waals surface area contributed by atoms with E-state index in [0.29, 0.717) is 0 Å². The molecule has 1 nitrogen and oxygen atoms in total. The maximum Gasteiger partial charge on any atom is 0.0314 e. The zero-order valence-electron chi connectivity index (χ0n) is 10.5. The van der Waals surface area contributed by atoms with E-state index >= 15 is 0 Å². The second kappa shape index (κ2) is 6.41. The number of halogens is 1. The zero-order valence-corrected chi connectivity index (χ0v) is 12.9. The minimum absolute atomic E-state index is 0.922. The van der Waals surface area contributed by atoms with E-state index in [0.717, 1.165) is 11.0 Å². The van der Waals surface area contributed by atoms with Crippen LogP contribution < -0.4 is 5.32 Å². The van der Waals surface area contributed by atoms with Crippen molar-refractivity contribution in [1.82, 2.24) is 5.32 Å². The minimum atomic E-state index is 0.922. The van der Waals surface area contributed by atoms with E-state index in [9.17, 15) is 0 Å². The van der Waals surface area contributed by atoms with Crippen molar-refractivity contribution in [3.8, 4) is 0 Å². The fraction of sp³-hybridized carbons (Fsp3) is 0.200. The molecule has 0 aliphatic heterocycles. The van der Waals surface area contributed by atoms with E-state index in [-0.39, 0.29) is 0 Å². The summed E-state index contributed by atoms with van der Waals surface area (Å²) in [7, 11) is 1.98. The van der Waals surface area contributed by atoms with Crippen LogP contribution in [0.3, 0.4) is 0 Å². The molecule has 2 rings (SSSR count). The van der Waals surface area contributed by atoms with Crippen LogP contribution in [0.2, 0.25) is 0 Å². The average Bonchev–Trinajstić information content (AvgIpc) is 2.36. The molecular formula is C15H16BrNS. The Bertz CT molecular complexity index is 540. The quantitative estimate of drug-likeness (QED) is 0.881. The molecule has 0 bridgehead atoms. The van der Waals surface area contributed by atoms with Gasteiger partial charge in [-0.2, -0.15) is 0 Å². The Kier molecular flexibility index (Phi) is 4.87. The van der Waals surface area contributed by atoms with Gasteiger partial charge in [0.05, 0.1) is 0 Å². The van der Waals surface area contributed by atoms with Crippen LogP contribution in [0.25, 0.3) is 0 Å². The third-order valence-electron chi connectivity index (χ3n) is 2.75. The van der Waals surface area contributed by atoms with Crippen molar-refractivity contribution < 1.29 is 0 Å². The van der Waals surface area contributed by atoms with Gasteiger partial charge >= 0.3 is 0 Å². The summed E-state index contributed by atoms with van der Waals surface area (Å²) in [5.74, 6) is 0. The van der Waals surface area contributed by atoms with Crippen LogP contribution in [0, 0.1) is 6.92 Å². The Balaban J connectivity index is 2.20. The Morgan fingerprint density at radius 3 is 2.61 bits per heavy atom. The lowest BCUT2D eigenvalue weighted by Gasteiger charge is -2.09. The standard InChI is InChI=1S/C15H16BrNS/c1-11-9-13(8-7-12(11)10-17-2)18-15-6-4-3-5-14(15)16/h3-9,17H,10H2,1-2H3. The number of hydrogen-bond acceptors (Lipinski definition) is 2. The summed E-state index contributed by atoms with van der Waals surface area (Å²) >= 11 is 5.37. The van der Waals surface area contributed by atoms with Gasteiger partial charge in [-0.25, -0.2) is 0 Å². The van der Waals surface area contributed by atoms with E-state index in [2.05, 4.69) is 64.6 Å². The predicted octanol–water partition coefficient (Wildman–Crippen LogP) is 4.63. The van der Waals surface area contributed by atoms with Crippen molar-refractivity contribution in [3.63, 3.8) is 0 Å². The molecule has 0 radical (unpaired) electrons. The Morgan fingerprint density at radius 2 is 1.94 bits per heavy atom. The maximum atomic E-state index is 3.58. The van der Waals surface area contributed by atoms with Crippen molar-refractivity contribution in [2.75, 3.05) is 7.05 Å². The van der Waals surface area contributed by atoms with Crippen LogP contribution in [0.5, 0.6) is 0 Å². The molecule has 94 valence electrons. The lowest BCUT2D eigenvalue weighted by molar-refractivity contribution is 0.811. The van der Waals surface area contributed by atoms with E-state index < -0.39 is 0 Å². The smallest absolute Gasteiger partial charge is 0.0314 e. The van der Waals surface area contributed by atoms with Gasteiger partial charge in [0.25, 0.3) is 0 Å². The highest BCUT2D eigenvalue weighted by Crippen LogP contribution is 2.33. The molecule has 0 amide bonds. The van der Waals surface area contributed by atoms with E-state index in [1.165, 1.54) is 20.9 Å². The molecule has 0 saturated heterocycles. The predicted molar refractivity (Wildman–Crippen MR) is 82.2 cm³/mol. The van der Waals surface area contributed by atoms with Crippen LogP contribution in [-0.2, 0) is 6.54 Å². The summed E-state index contributed by atoms with van der Waals surface area (Å²) in [6, 6.07) is 14.9. The molecule has 0 unspecified atom stereocenters. The average molecular weight is 322 g/mol. The van der Waals surface area contributed by atoms with Crippen molar-refractivity contribution in [1.29, 1.82) is 0 Å². The van der Waals surface area contributed by atoms with Crippen LogP contribution in [0.15, 0.2) is 56.7 Å². The third kappa shape index (κ3) is 3.37. The van der Waals surface area contributed by atoms with Crippen LogP contribution in [0.4, 0.5) is 0 Å². The lowest BCUT2D eigenvalue weighted by Crippen LogP contribution is -2.06. The van der Waals surface area contributed by atoms with Crippen LogP contribution in [-0.4, -0.2) is 7.05 Å². The molecule has 0 heterocycles. The summed E-state index contributed by atoms with van der Waals surface area (Å²) in [5.41, 5.74) is 2.69. The van der Waals surface area contributed by atoms with Gasteiger partial charge in [-0.15, -0.1) is 0 Å². The van der Waals surface area contributed by atoms with E-state index in [1.807, 2.05) is 13.1 Å². The summed E-state index contributed by atoms with van der Waals surface area (Å²) in [6.45, 7) is 3.09. The monoisotopic (exact) mass is 321 g/mol. The molecule has 0 aliphatic rings. The van der Waals surface area contributed by atoms with Crippen molar-refractivity contribution in [2.24, 2.45) is 0 Å². The topological polar surface area (TPSA) is 12.0 Å². The van der Waals surface area contributed by atoms with Gasteiger partial charge in [0.15, 0.2) is 0 Å². The maximum absolute atomic E-state index is 3.58. The van der Waals surface area contributed by atoms with Crippen LogP contribution >= 0.6 is 27.7 Å². The highest BCUT2D eigenvalue weighted by molar-refractivity contribution is 9.10. The summed E-state index contributed by atoms with van der Waals surface area (Å²) in [4.78, 5) is 2.53. The zero-order chi connectivity index (χ0) is 13.0. The third-order valence-corrected chi connectivity index (χ3v) is 4.77. The molecule has 1 N–H and O–H groups in total. The normalized spacial score (nSPS) is 10.6. The SMILES string of the molecule is CNCc1ccc(Sc2ccccc2Br)cc1C. The number of benzene rings is 2. The molecule has 0 spiro atoms. The van der Waals surface area contributed by atoms with Crippen LogP contribution in [0.1, 0.15) is 11.1 Å². The van der Waals surface area contributed by atoms with Gasteiger partial charge in [-0.1, -0.05) is 30.0 Å². The minimum Gasteiger partial charge on any atom is -0.316 e. The van der Waals surface area contributed by atoms with Gasteiger partial charge in [-0.05, 0) is 65.3 Å². The molecular weight excluding hydrogens is 306 g/mol. The first-order valence-corrected chi connectivity index (χ1v) is 7.48. The fourth-order valence-corrected chi connectivity index (χ4v) is 3.24. The number of rotatable bonds is 4. The Morgan fingerprint density at radius 1 is 1.17 bits per heavy atom. The number of hydrogen-bond donors (Lipinski definition) is 1. The lowest BCUT2D eigenvalue weighted by atomic mass is 10.1. The number of nitrogens with one attached hydrogen (secondary N) is 1. The number of aryl methyl sites for hydroxylation is 1. The second-order valence-electron chi connectivity index (χ2n) is 4.15. The highest BCUT2D eigenvalue weighted by atomic mass is 79.9. The fourth-order valence-electron chi connectivity index (χ4n) is 1.78. The molecule has 18 heavy (non-hydrogen) atoms. The molecule has 2 aromatic rings. The Hall–Kier alpha value is -0.770. The largest absolute Gasteiger partial charge is 0.316 e.